The molecule has 4 N–H and O–H groups in total. The molecule has 0 aliphatic heterocycles. The fraction of sp³-hybridized carbons (Fsp3) is 0.333. The van der Waals surface area contributed by atoms with E-state index >= 15 is 0 Å². The quantitative estimate of drug-likeness (QED) is 0.685. The van der Waals surface area contributed by atoms with Crippen LogP contribution in [-0.4, -0.2) is 34.3 Å². The van der Waals surface area contributed by atoms with Gasteiger partial charge in [0.1, 0.15) is 17.9 Å². The standard InChI is InChI=1S/C12H15NO5/c1-7-2-4-8(5-3-7)18-9(6-10(14)15)11(13)12(16)17/h2-5,9,11H,6,13H2,1H3,(H,14,15)(H,16,17). The van der Waals surface area contributed by atoms with Gasteiger partial charge in [0.05, 0.1) is 6.42 Å². The van der Waals surface area contributed by atoms with Crippen LogP contribution < -0.4 is 10.5 Å². The topological polar surface area (TPSA) is 110 Å². The molecule has 1 aromatic rings. The van der Waals surface area contributed by atoms with Crippen molar-refractivity contribution in [3.05, 3.63) is 29.8 Å². The summed E-state index contributed by atoms with van der Waals surface area (Å²) < 4.78 is 5.32. The van der Waals surface area contributed by atoms with Gasteiger partial charge >= 0.3 is 11.9 Å². The SMILES string of the molecule is Cc1ccc(OC(CC(=O)O)C(N)C(=O)O)cc1. The monoisotopic (exact) mass is 253 g/mol. The Morgan fingerprint density at radius 2 is 1.83 bits per heavy atom. The maximum Gasteiger partial charge on any atom is 0.324 e. The molecule has 0 aromatic heterocycles. The summed E-state index contributed by atoms with van der Waals surface area (Å²) in [6.07, 6.45) is -1.58. The minimum Gasteiger partial charge on any atom is -0.488 e. The van der Waals surface area contributed by atoms with Crippen molar-refractivity contribution in [2.24, 2.45) is 5.73 Å². The Hall–Kier alpha value is -2.08. The highest BCUT2D eigenvalue weighted by Crippen LogP contribution is 2.16. The van der Waals surface area contributed by atoms with E-state index in [2.05, 4.69) is 0 Å². The van der Waals surface area contributed by atoms with Crippen LogP contribution in [0.4, 0.5) is 0 Å². The van der Waals surface area contributed by atoms with E-state index in [1.165, 1.54) is 0 Å². The number of benzene rings is 1. The van der Waals surface area contributed by atoms with Gasteiger partial charge in [-0.1, -0.05) is 17.7 Å². The van der Waals surface area contributed by atoms with E-state index in [0.29, 0.717) is 5.75 Å². The van der Waals surface area contributed by atoms with Gasteiger partial charge in [-0.05, 0) is 19.1 Å². The molecule has 2 atom stereocenters. The van der Waals surface area contributed by atoms with Crippen molar-refractivity contribution in [2.45, 2.75) is 25.5 Å². The van der Waals surface area contributed by atoms with E-state index in [0.717, 1.165) is 5.56 Å². The van der Waals surface area contributed by atoms with E-state index in [-0.39, 0.29) is 0 Å². The third-order valence-corrected chi connectivity index (χ3v) is 2.37. The lowest BCUT2D eigenvalue weighted by molar-refractivity contribution is -0.143. The summed E-state index contributed by atoms with van der Waals surface area (Å²) in [6.45, 7) is 1.89. The average Bonchev–Trinajstić information content (AvgIpc) is 2.29. The van der Waals surface area contributed by atoms with Gasteiger partial charge in [-0.25, -0.2) is 0 Å². The number of hydrogen-bond donors (Lipinski definition) is 3. The van der Waals surface area contributed by atoms with Gasteiger partial charge in [-0.2, -0.15) is 0 Å². The summed E-state index contributed by atoms with van der Waals surface area (Å²) in [5, 5.41) is 17.5. The Morgan fingerprint density at radius 1 is 1.28 bits per heavy atom. The largest absolute Gasteiger partial charge is 0.488 e. The van der Waals surface area contributed by atoms with Gasteiger partial charge in [0.25, 0.3) is 0 Å². The van der Waals surface area contributed by atoms with Crippen LogP contribution in [0.5, 0.6) is 5.75 Å². The van der Waals surface area contributed by atoms with Crippen molar-refractivity contribution in [3.8, 4) is 5.75 Å². The van der Waals surface area contributed by atoms with Gasteiger partial charge in [0.2, 0.25) is 0 Å². The molecular weight excluding hydrogens is 238 g/mol. The Kier molecular flexibility index (Phi) is 4.67. The number of ether oxygens (including phenoxy) is 1. The number of aliphatic carboxylic acids is 2. The highest BCUT2D eigenvalue weighted by atomic mass is 16.5. The van der Waals surface area contributed by atoms with Crippen LogP contribution >= 0.6 is 0 Å². The van der Waals surface area contributed by atoms with Crippen LogP contribution in [0.3, 0.4) is 0 Å². The summed E-state index contributed by atoms with van der Waals surface area (Å²) in [5.41, 5.74) is 6.41. The molecule has 1 aromatic carbocycles. The number of nitrogens with two attached hydrogens (primary N) is 1. The van der Waals surface area contributed by atoms with Crippen LogP contribution in [0.2, 0.25) is 0 Å². The van der Waals surface area contributed by atoms with Gasteiger partial charge in [-0.3, -0.25) is 9.59 Å². The molecule has 0 heterocycles. The second kappa shape index (κ2) is 6.02. The molecule has 0 saturated carbocycles. The lowest BCUT2D eigenvalue weighted by Crippen LogP contribution is -2.46. The number of aryl methyl sites for hydroxylation is 1. The summed E-state index contributed by atoms with van der Waals surface area (Å²) in [7, 11) is 0. The maximum absolute atomic E-state index is 10.8. The van der Waals surface area contributed by atoms with E-state index in [9.17, 15) is 9.59 Å². The second-order valence-electron chi connectivity index (χ2n) is 3.93. The van der Waals surface area contributed by atoms with E-state index < -0.39 is 30.5 Å². The predicted octanol–water partition coefficient (Wildman–Crippen LogP) is 0.629. The van der Waals surface area contributed by atoms with Gasteiger partial charge in [-0.15, -0.1) is 0 Å². The highest BCUT2D eigenvalue weighted by Gasteiger charge is 2.28. The molecule has 1 rings (SSSR count). The Morgan fingerprint density at radius 3 is 2.28 bits per heavy atom. The van der Waals surface area contributed by atoms with E-state index in [1.54, 1.807) is 24.3 Å². The first-order chi connectivity index (χ1) is 8.40. The van der Waals surface area contributed by atoms with Crippen LogP contribution in [-0.2, 0) is 9.59 Å². The van der Waals surface area contributed by atoms with Crippen LogP contribution in [0.1, 0.15) is 12.0 Å². The van der Waals surface area contributed by atoms with E-state index in [4.69, 9.17) is 20.7 Å². The lowest BCUT2D eigenvalue weighted by Gasteiger charge is -2.20. The van der Waals surface area contributed by atoms with Gasteiger partial charge < -0.3 is 20.7 Å². The van der Waals surface area contributed by atoms with Crippen molar-refractivity contribution in [1.82, 2.24) is 0 Å². The van der Waals surface area contributed by atoms with Crippen molar-refractivity contribution >= 4 is 11.9 Å². The Labute approximate surface area is 104 Å². The molecule has 6 nitrogen and oxygen atoms in total. The fourth-order valence-electron chi connectivity index (χ4n) is 1.36. The maximum atomic E-state index is 10.8. The average molecular weight is 253 g/mol. The minimum atomic E-state index is -1.39. The molecule has 0 aliphatic rings. The van der Waals surface area contributed by atoms with Gasteiger partial charge in [0, 0.05) is 0 Å². The summed E-state index contributed by atoms with van der Waals surface area (Å²) >= 11 is 0. The number of hydrogen-bond acceptors (Lipinski definition) is 4. The zero-order valence-corrected chi connectivity index (χ0v) is 9.87. The Balaban J connectivity index is 2.80. The smallest absolute Gasteiger partial charge is 0.324 e. The number of carboxylic acids is 2. The Bertz CT molecular complexity index is 429. The second-order valence-corrected chi connectivity index (χ2v) is 3.93. The van der Waals surface area contributed by atoms with Crippen molar-refractivity contribution in [3.63, 3.8) is 0 Å². The lowest BCUT2D eigenvalue weighted by atomic mass is 10.1. The number of carbonyl (C=O) groups is 2. The van der Waals surface area contributed by atoms with E-state index in [1.807, 2.05) is 6.92 Å². The third kappa shape index (κ3) is 4.06. The molecule has 98 valence electrons. The summed E-state index contributed by atoms with van der Waals surface area (Å²) in [4.78, 5) is 21.4. The fourth-order valence-corrected chi connectivity index (χ4v) is 1.36. The number of rotatable bonds is 6. The molecule has 0 radical (unpaired) electrons. The van der Waals surface area contributed by atoms with Crippen LogP contribution in [0, 0.1) is 6.92 Å². The first-order valence-electron chi connectivity index (χ1n) is 5.33. The first-order valence-corrected chi connectivity index (χ1v) is 5.33. The minimum absolute atomic E-state index is 0.392. The first kappa shape index (κ1) is 14.0. The predicted molar refractivity (Wildman–Crippen MR) is 63.5 cm³/mol. The highest BCUT2D eigenvalue weighted by molar-refractivity contribution is 5.76. The summed E-state index contributed by atoms with van der Waals surface area (Å²) in [6, 6.07) is 5.44. The molecule has 6 heteroatoms. The zero-order valence-electron chi connectivity index (χ0n) is 9.87. The molecule has 0 aliphatic carbocycles. The summed E-state index contributed by atoms with van der Waals surface area (Å²) in [5.74, 6) is -2.07. The van der Waals surface area contributed by atoms with Crippen LogP contribution in [0.25, 0.3) is 0 Å². The molecule has 18 heavy (non-hydrogen) atoms. The van der Waals surface area contributed by atoms with Crippen molar-refractivity contribution < 1.29 is 24.5 Å². The normalized spacial score (nSPS) is 13.7. The van der Waals surface area contributed by atoms with Crippen LogP contribution in [0.15, 0.2) is 24.3 Å². The molecule has 2 unspecified atom stereocenters. The molecule has 0 fully saturated rings. The zero-order chi connectivity index (χ0) is 13.7. The van der Waals surface area contributed by atoms with Crippen molar-refractivity contribution in [1.29, 1.82) is 0 Å². The third-order valence-electron chi connectivity index (χ3n) is 2.37. The molecule has 0 saturated heterocycles. The molecule has 0 spiro atoms. The van der Waals surface area contributed by atoms with Gasteiger partial charge in [0.15, 0.2) is 0 Å². The molecule has 0 amide bonds. The van der Waals surface area contributed by atoms with Crippen molar-refractivity contribution in [2.75, 3.05) is 0 Å². The number of carboxylic acid groups (broad SMARTS) is 2. The molecular formula is C12H15NO5. The molecule has 0 bridgehead atoms.